The highest BCUT2D eigenvalue weighted by atomic mass is 35.5. The fourth-order valence-electron chi connectivity index (χ4n) is 1.79. The largest absolute Gasteiger partial charge is 0.338 e. The molecule has 0 amide bonds. The molecule has 3 rings (SSSR count). The van der Waals surface area contributed by atoms with Gasteiger partial charge in [0, 0.05) is 19.0 Å². The molecule has 4 nitrogen and oxygen atoms in total. The van der Waals surface area contributed by atoms with E-state index in [1.54, 1.807) is 0 Å². The Bertz CT molecular complexity index is 323. The molecule has 0 spiro atoms. The van der Waals surface area contributed by atoms with E-state index in [1.165, 1.54) is 18.6 Å². The Balaban J connectivity index is 0.000000853. The van der Waals surface area contributed by atoms with Crippen molar-refractivity contribution in [1.29, 1.82) is 0 Å². The smallest absolute Gasteiger partial charge is 0.239 e. The summed E-state index contributed by atoms with van der Waals surface area (Å²) in [5.74, 6) is 3.45. The molecule has 0 radical (unpaired) electrons. The van der Waals surface area contributed by atoms with Gasteiger partial charge in [0.05, 0.1) is 5.25 Å². The van der Waals surface area contributed by atoms with Crippen LogP contribution in [0.4, 0.5) is 0 Å². The van der Waals surface area contributed by atoms with Crippen molar-refractivity contribution in [1.82, 2.24) is 15.5 Å². The first-order chi connectivity index (χ1) is 6.93. The van der Waals surface area contributed by atoms with Crippen LogP contribution in [0.2, 0.25) is 0 Å². The predicted molar refractivity (Wildman–Crippen MR) is 61.6 cm³/mol. The van der Waals surface area contributed by atoms with E-state index in [0.717, 1.165) is 24.8 Å². The SMILES string of the molecule is C1CSC(c2nc(C3CNC3)no2)C1.Cl. The van der Waals surface area contributed by atoms with Gasteiger partial charge >= 0.3 is 0 Å². The van der Waals surface area contributed by atoms with E-state index in [4.69, 9.17) is 4.52 Å². The maximum atomic E-state index is 5.30. The number of thioether (sulfide) groups is 1. The number of rotatable bonds is 2. The Kier molecular flexibility index (Phi) is 3.53. The summed E-state index contributed by atoms with van der Waals surface area (Å²) in [7, 11) is 0. The molecule has 2 aliphatic rings. The third kappa shape index (κ3) is 2.14. The zero-order valence-corrected chi connectivity index (χ0v) is 9.94. The van der Waals surface area contributed by atoms with Gasteiger partial charge in [0.1, 0.15) is 0 Å². The lowest BCUT2D eigenvalue weighted by Crippen LogP contribution is -2.40. The molecule has 0 bridgehead atoms. The summed E-state index contributed by atoms with van der Waals surface area (Å²) in [4.78, 5) is 4.48. The van der Waals surface area contributed by atoms with Gasteiger partial charge in [-0.3, -0.25) is 0 Å². The van der Waals surface area contributed by atoms with Crippen LogP contribution < -0.4 is 5.32 Å². The molecule has 2 saturated heterocycles. The van der Waals surface area contributed by atoms with E-state index in [-0.39, 0.29) is 12.4 Å². The fraction of sp³-hybridized carbons (Fsp3) is 0.778. The third-order valence-corrected chi connectivity index (χ3v) is 4.17. The van der Waals surface area contributed by atoms with Crippen LogP contribution in [0.25, 0.3) is 0 Å². The van der Waals surface area contributed by atoms with Crippen LogP contribution in [0.5, 0.6) is 0 Å². The number of hydrogen-bond acceptors (Lipinski definition) is 5. The van der Waals surface area contributed by atoms with Crippen LogP contribution in [-0.4, -0.2) is 29.0 Å². The zero-order chi connectivity index (χ0) is 9.38. The molecule has 2 aliphatic heterocycles. The topological polar surface area (TPSA) is 51.0 Å². The molecule has 1 N–H and O–H groups in total. The molecule has 6 heteroatoms. The number of nitrogens with one attached hydrogen (secondary N) is 1. The molecule has 1 atom stereocenters. The Morgan fingerprint density at radius 3 is 2.87 bits per heavy atom. The fourth-order valence-corrected chi connectivity index (χ4v) is 2.98. The van der Waals surface area contributed by atoms with E-state index in [9.17, 15) is 0 Å². The van der Waals surface area contributed by atoms with Gasteiger partial charge in [-0.15, -0.1) is 24.2 Å². The average Bonchev–Trinajstić information content (AvgIpc) is 2.65. The highest BCUT2D eigenvalue weighted by Crippen LogP contribution is 2.39. The molecule has 1 unspecified atom stereocenters. The van der Waals surface area contributed by atoms with Crippen LogP contribution in [0.1, 0.15) is 35.7 Å². The molecule has 84 valence electrons. The van der Waals surface area contributed by atoms with Gasteiger partial charge in [-0.1, -0.05) is 5.16 Å². The molecule has 0 aliphatic carbocycles. The predicted octanol–water partition coefficient (Wildman–Crippen LogP) is 1.75. The highest BCUT2D eigenvalue weighted by molar-refractivity contribution is 7.99. The summed E-state index contributed by atoms with van der Waals surface area (Å²) in [6.07, 6.45) is 2.47. The van der Waals surface area contributed by atoms with Crippen molar-refractivity contribution in [3.63, 3.8) is 0 Å². The quantitative estimate of drug-likeness (QED) is 0.863. The van der Waals surface area contributed by atoms with Crippen LogP contribution in [-0.2, 0) is 0 Å². The van der Waals surface area contributed by atoms with Crippen molar-refractivity contribution in [2.45, 2.75) is 24.0 Å². The maximum Gasteiger partial charge on any atom is 0.239 e. The summed E-state index contributed by atoms with van der Waals surface area (Å²) >= 11 is 1.93. The van der Waals surface area contributed by atoms with Gasteiger partial charge in [-0.05, 0) is 18.6 Å². The van der Waals surface area contributed by atoms with Crippen molar-refractivity contribution in [3.05, 3.63) is 11.7 Å². The summed E-state index contributed by atoms with van der Waals surface area (Å²) in [6.45, 7) is 1.99. The summed E-state index contributed by atoms with van der Waals surface area (Å²) in [6, 6.07) is 0. The second-order valence-corrected chi connectivity index (χ2v) is 5.16. The summed E-state index contributed by atoms with van der Waals surface area (Å²) in [5.41, 5.74) is 0. The lowest BCUT2D eigenvalue weighted by atomic mass is 10.0. The van der Waals surface area contributed by atoms with E-state index < -0.39 is 0 Å². The van der Waals surface area contributed by atoms with E-state index in [0.29, 0.717) is 11.2 Å². The van der Waals surface area contributed by atoms with Crippen molar-refractivity contribution in [2.24, 2.45) is 0 Å². The van der Waals surface area contributed by atoms with Crippen LogP contribution in [0.3, 0.4) is 0 Å². The zero-order valence-electron chi connectivity index (χ0n) is 8.31. The van der Waals surface area contributed by atoms with Crippen LogP contribution in [0.15, 0.2) is 4.52 Å². The average molecular weight is 248 g/mol. The first-order valence-corrected chi connectivity index (χ1v) is 6.14. The second kappa shape index (κ2) is 4.72. The van der Waals surface area contributed by atoms with E-state index in [1.807, 2.05) is 11.8 Å². The van der Waals surface area contributed by atoms with E-state index in [2.05, 4.69) is 15.5 Å². The summed E-state index contributed by atoms with van der Waals surface area (Å²) in [5, 5.41) is 7.72. The molecule has 15 heavy (non-hydrogen) atoms. The number of nitrogens with zero attached hydrogens (tertiary/aromatic N) is 2. The monoisotopic (exact) mass is 247 g/mol. The Hall–Kier alpha value is -0.260. The first-order valence-electron chi connectivity index (χ1n) is 5.09. The van der Waals surface area contributed by atoms with Crippen molar-refractivity contribution < 1.29 is 4.52 Å². The molecule has 2 fully saturated rings. The highest BCUT2D eigenvalue weighted by Gasteiger charge is 2.28. The van der Waals surface area contributed by atoms with Crippen molar-refractivity contribution >= 4 is 24.2 Å². The maximum absolute atomic E-state index is 5.30. The normalized spacial score (nSPS) is 26.0. The number of halogens is 1. The van der Waals surface area contributed by atoms with Crippen molar-refractivity contribution in [2.75, 3.05) is 18.8 Å². The number of aromatic nitrogens is 2. The lowest BCUT2D eigenvalue weighted by molar-refractivity contribution is 0.353. The van der Waals surface area contributed by atoms with Crippen molar-refractivity contribution in [3.8, 4) is 0 Å². The molecule has 0 aromatic carbocycles. The molecule has 1 aromatic heterocycles. The molecule has 1 aromatic rings. The van der Waals surface area contributed by atoms with Crippen LogP contribution >= 0.6 is 24.2 Å². The minimum atomic E-state index is 0. The first kappa shape index (κ1) is 11.2. The van der Waals surface area contributed by atoms with E-state index >= 15 is 0 Å². The standard InChI is InChI=1S/C9H13N3OS.ClH/c1-2-7(14-3-1)9-11-8(12-13-9)6-4-10-5-6;/h6-7,10H,1-5H2;1H. The van der Waals surface area contributed by atoms with Gasteiger partial charge in [-0.2, -0.15) is 4.98 Å². The van der Waals surface area contributed by atoms with Gasteiger partial charge < -0.3 is 9.84 Å². The summed E-state index contributed by atoms with van der Waals surface area (Å²) < 4.78 is 5.30. The Morgan fingerprint density at radius 1 is 1.40 bits per heavy atom. The Morgan fingerprint density at radius 2 is 2.27 bits per heavy atom. The van der Waals surface area contributed by atoms with Gasteiger partial charge in [0.2, 0.25) is 5.89 Å². The van der Waals surface area contributed by atoms with Gasteiger partial charge in [0.25, 0.3) is 0 Å². The molecule has 0 saturated carbocycles. The molecular formula is C9H14ClN3OS. The third-order valence-electron chi connectivity index (χ3n) is 2.81. The van der Waals surface area contributed by atoms with Gasteiger partial charge in [0.15, 0.2) is 5.82 Å². The minimum Gasteiger partial charge on any atom is -0.338 e. The molecule has 3 heterocycles. The number of hydrogen-bond donors (Lipinski definition) is 1. The molecular weight excluding hydrogens is 234 g/mol. The van der Waals surface area contributed by atoms with Gasteiger partial charge in [-0.25, -0.2) is 0 Å². The minimum absolute atomic E-state index is 0. The second-order valence-electron chi connectivity index (χ2n) is 3.85. The lowest BCUT2D eigenvalue weighted by Gasteiger charge is -2.23. The van der Waals surface area contributed by atoms with Crippen LogP contribution in [0, 0.1) is 0 Å². The Labute approximate surface area is 99.0 Å².